The minimum absolute atomic E-state index is 0.194. The monoisotopic (exact) mass is 470 g/mol. The molecule has 0 aliphatic carbocycles. The summed E-state index contributed by atoms with van der Waals surface area (Å²) in [5.74, 6) is 0.820. The second-order valence-electron chi connectivity index (χ2n) is 7.23. The molecule has 0 fully saturated rings. The molecule has 11 heteroatoms. The minimum atomic E-state index is -0.751. The SMILES string of the molecule is CCOC(=O)C1=C(C)NC(=O)N[C@@H]1c1ccc(OCC(=O)N/N=C\c2ccc(C)o2)c(OC)c1. The molecule has 0 bridgehead atoms. The Morgan fingerprint density at radius 3 is 2.68 bits per heavy atom. The van der Waals surface area contributed by atoms with Crippen molar-refractivity contribution in [1.29, 1.82) is 0 Å². The molecule has 1 atom stereocenters. The molecular formula is C23H26N4O7. The molecule has 0 spiro atoms. The van der Waals surface area contributed by atoms with Crippen LogP contribution in [0.3, 0.4) is 0 Å². The van der Waals surface area contributed by atoms with Crippen LogP contribution in [0.5, 0.6) is 11.5 Å². The summed E-state index contributed by atoms with van der Waals surface area (Å²) in [5.41, 5.74) is 3.59. The lowest BCUT2D eigenvalue weighted by Gasteiger charge is -2.28. The number of methoxy groups -OCH3 is 1. The first kappa shape index (κ1) is 24.4. The lowest BCUT2D eigenvalue weighted by molar-refractivity contribution is -0.139. The number of allylic oxidation sites excluding steroid dienone is 1. The molecule has 2 aromatic rings. The van der Waals surface area contributed by atoms with Crippen molar-refractivity contribution >= 4 is 24.1 Å². The third-order valence-electron chi connectivity index (χ3n) is 4.79. The van der Waals surface area contributed by atoms with Crippen molar-refractivity contribution in [2.45, 2.75) is 26.8 Å². The van der Waals surface area contributed by atoms with E-state index in [1.807, 2.05) is 0 Å². The largest absolute Gasteiger partial charge is 0.493 e. The van der Waals surface area contributed by atoms with Crippen molar-refractivity contribution in [2.24, 2.45) is 5.10 Å². The van der Waals surface area contributed by atoms with Crippen molar-refractivity contribution < 1.29 is 33.0 Å². The highest BCUT2D eigenvalue weighted by Crippen LogP contribution is 2.34. The number of nitrogens with zero attached hydrogens (tertiary/aromatic N) is 1. The highest BCUT2D eigenvalue weighted by Gasteiger charge is 2.32. The van der Waals surface area contributed by atoms with Gasteiger partial charge in [-0.25, -0.2) is 15.0 Å². The number of benzene rings is 1. The predicted molar refractivity (Wildman–Crippen MR) is 121 cm³/mol. The van der Waals surface area contributed by atoms with E-state index in [9.17, 15) is 14.4 Å². The molecule has 1 aromatic heterocycles. The summed E-state index contributed by atoms with van der Waals surface area (Å²) >= 11 is 0. The highest BCUT2D eigenvalue weighted by atomic mass is 16.5. The first-order valence-electron chi connectivity index (χ1n) is 10.5. The quantitative estimate of drug-likeness (QED) is 0.290. The van der Waals surface area contributed by atoms with Gasteiger partial charge >= 0.3 is 12.0 Å². The van der Waals surface area contributed by atoms with Crippen LogP contribution in [0.1, 0.15) is 37.0 Å². The standard InChI is InChI=1S/C23H26N4O7/c1-5-32-22(29)20-14(3)25-23(30)26-21(20)15-7-9-17(18(10-15)31-4)33-12-19(28)27-24-11-16-8-6-13(2)34-16/h6-11,21H,5,12H2,1-4H3,(H,27,28)(H2,25,26,30)/b24-11-/t21-/m1/s1. The smallest absolute Gasteiger partial charge is 0.338 e. The van der Waals surface area contributed by atoms with Gasteiger partial charge < -0.3 is 29.3 Å². The van der Waals surface area contributed by atoms with E-state index in [1.54, 1.807) is 51.1 Å². The zero-order chi connectivity index (χ0) is 24.7. The summed E-state index contributed by atoms with van der Waals surface area (Å²) < 4.78 is 21.4. The van der Waals surface area contributed by atoms with Crippen molar-refractivity contribution in [2.75, 3.05) is 20.3 Å². The first-order valence-corrected chi connectivity index (χ1v) is 10.5. The fourth-order valence-corrected chi connectivity index (χ4v) is 3.27. The number of furan rings is 1. The number of aryl methyl sites for hydroxylation is 1. The maximum absolute atomic E-state index is 12.5. The number of urea groups is 1. The molecule has 34 heavy (non-hydrogen) atoms. The van der Waals surface area contributed by atoms with Gasteiger partial charge in [0.25, 0.3) is 5.91 Å². The maximum atomic E-state index is 12.5. The molecule has 1 aliphatic heterocycles. The Kier molecular flexibility index (Phi) is 7.91. The molecule has 3 amide bonds. The van der Waals surface area contributed by atoms with Crippen LogP contribution >= 0.6 is 0 Å². The molecule has 180 valence electrons. The Morgan fingerprint density at radius 1 is 1.21 bits per heavy atom. The normalized spacial score (nSPS) is 15.5. The number of amides is 3. The Balaban J connectivity index is 1.70. The summed E-state index contributed by atoms with van der Waals surface area (Å²) in [4.78, 5) is 36.6. The molecule has 0 unspecified atom stereocenters. The van der Waals surface area contributed by atoms with Gasteiger partial charge in [0.2, 0.25) is 0 Å². The van der Waals surface area contributed by atoms with Crippen molar-refractivity contribution in [3.8, 4) is 11.5 Å². The maximum Gasteiger partial charge on any atom is 0.338 e. The van der Waals surface area contributed by atoms with Crippen molar-refractivity contribution in [1.82, 2.24) is 16.1 Å². The van der Waals surface area contributed by atoms with Gasteiger partial charge in [0.15, 0.2) is 18.1 Å². The van der Waals surface area contributed by atoms with Crippen LogP contribution in [0.25, 0.3) is 0 Å². The summed E-state index contributed by atoms with van der Waals surface area (Å²) in [6.07, 6.45) is 1.38. The molecule has 0 saturated heterocycles. The predicted octanol–water partition coefficient (Wildman–Crippen LogP) is 2.32. The molecular weight excluding hydrogens is 444 g/mol. The number of carbonyl (C=O) groups is 3. The van der Waals surface area contributed by atoms with E-state index >= 15 is 0 Å². The zero-order valence-corrected chi connectivity index (χ0v) is 19.3. The Bertz CT molecular complexity index is 1140. The average Bonchev–Trinajstić information content (AvgIpc) is 3.22. The average molecular weight is 470 g/mol. The van der Waals surface area contributed by atoms with Crippen LogP contribution in [0.15, 0.2) is 51.1 Å². The summed E-state index contributed by atoms with van der Waals surface area (Å²) in [6.45, 7) is 5.00. The van der Waals surface area contributed by atoms with E-state index in [0.717, 1.165) is 5.76 Å². The third kappa shape index (κ3) is 5.94. The van der Waals surface area contributed by atoms with Crippen LogP contribution in [0.2, 0.25) is 0 Å². The zero-order valence-electron chi connectivity index (χ0n) is 19.3. The van der Waals surface area contributed by atoms with Gasteiger partial charge in [-0.1, -0.05) is 6.07 Å². The molecule has 0 saturated carbocycles. The van der Waals surface area contributed by atoms with Crippen LogP contribution in [-0.2, 0) is 14.3 Å². The molecule has 3 N–H and O–H groups in total. The van der Waals surface area contributed by atoms with Crippen LogP contribution in [0.4, 0.5) is 4.79 Å². The van der Waals surface area contributed by atoms with E-state index in [4.69, 9.17) is 18.6 Å². The number of hydrogen-bond donors (Lipinski definition) is 3. The van der Waals surface area contributed by atoms with E-state index in [-0.39, 0.29) is 18.8 Å². The van der Waals surface area contributed by atoms with Gasteiger partial charge in [-0.2, -0.15) is 5.10 Å². The van der Waals surface area contributed by atoms with E-state index in [1.165, 1.54) is 13.3 Å². The lowest BCUT2D eigenvalue weighted by atomic mass is 9.95. The summed E-state index contributed by atoms with van der Waals surface area (Å²) in [6, 6.07) is 7.18. The van der Waals surface area contributed by atoms with Gasteiger partial charge in [-0.3, -0.25) is 4.79 Å². The second kappa shape index (κ2) is 11.0. The Morgan fingerprint density at radius 2 is 2.00 bits per heavy atom. The van der Waals surface area contributed by atoms with Crippen LogP contribution < -0.4 is 25.5 Å². The topological polar surface area (TPSA) is 140 Å². The number of hydrogen-bond acceptors (Lipinski definition) is 8. The summed E-state index contributed by atoms with van der Waals surface area (Å²) in [5, 5.41) is 9.11. The third-order valence-corrected chi connectivity index (χ3v) is 4.79. The van der Waals surface area contributed by atoms with Crippen LogP contribution in [-0.4, -0.2) is 44.4 Å². The molecule has 0 radical (unpaired) electrons. The first-order chi connectivity index (χ1) is 16.3. The van der Waals surface area contributed by atoms with Gasteiger partial charge in [0, 0.05) is 5.70 Å². The number of nitrogens with one attached hydrogen (secondary N) is 3. The number of esters is 1. The minimum Gasteiger partial charge on any atom is -0.493 e. The van der Waals surface area contributed by atoms with E-state index in [2.05, 4.69) is 21.2 Å². The van der Waals surface area contributed by atoms with E-state index in [0.29, 0.717) is 28.5 Å². The molecule has 11 nitrogen and oxygen atoms in total. The number of rotatable bonds is 9. The van der Waals surface area contributed by atoms with E-state index < -0.39 is 23.9 Å². The van der Waals surface area contributed by atoms with Gasteiger partial charge in [-0.05, 0) is 50.6 Å². The molecule has 2 heterocycles. The number of carbonyl (C=O) groups excluding carboxylic acids is 3. The Labute approximate surface area is 196 Å². The molecule has 1 aliphatic rings. The Hall–Kier alpha value is -4.28. The number of ether oxygens (including phenoxy) is 3. The fourth-order valence-electron chi connectivity index (χ4n) is 3.27. The van der Waals surface area contributed by atoms with Crippen molar-refractivity contribution in [3.63, 3.8) is 0 Å². The number of hydrazone groups is 1. The van der Waals surface area contributed by atoms with Crippen LogP contribution in [0, 0.1) is 6.92 Å². The van der Waals surface area contributed by atoms with Crippen molar-refractivity contribution in [3.05, 3.63) is 58.7 Å². The van der Waals surface area contributed by atoms with Gasteiger partial charge in [-0.15, -0.1) is 0 Å². The highest BCUT2D eigenvalue weighted by molar-refractivity contribution is 5.95. The van der Waals surface area contributed by atoms with Gasteiger partial charge in [0.05, 0.1) is 31.5 Å². The fraction of sp³-hybridized carbons (Fsp3) is 0.304. The molecule has 3 rings (SSSR count). The second-order valence-corrected chi connectivity index (χ2v) is 7.23. The molecule has 1 aromatic carbocycles. The lowest BCUT2D eigenvalue weighted by Crippen LogP contribution is -2.45. The summed E-state index contributed by atoms with van der Waals surface area (Å²) in [7, 11) is 1.44. The van der Waals surface area contributed by atoms with Gasteiger partial charge in [0.1, 0.15) is 11.5 Å².